The van der Waals surface area contributed by atoms with Gasteiger partial charge in [-0.2, -0.15) is 0 Å². The molecule has 5 nitrogen and oxygen atoms in total. The van der Waals surface area contributed by atoms with Crippen LogP contribution in [0.5, 0.6) is 11.5 Å². The zero-order valence-corrected chi connectivity index (χ0v) is 17.2. The molecule has 0 saturated carbocycles. The predicted molar refractivity (Wildman–Crippen MR) is 114 cm³/mol. The number of rotatable bonds is 10. The van der Waals surface area contributed by atoms with Crippen molar-refractivity contribution < 1.29 is 14.3 Å². The molecule has 0 saturated heterocycles. The molecule has 0 atom stereocenters. The van der Waals surface area contributed by atoms with Gasteiger partial charge in [0.15, 0.2) is 11.5 Å². The van der Waals surface area contributed by atoms with Crippen LogP contribution in [0.3, 0.4) is 0 Å². The van der Waals surface area contributed by atoms with Crippen molar-refractivity contribution in [1.82, 2.24) is 10.3 Å². The average molecular weight is 399 g/mol. The Hall–Kier alpha value is -2.60. The third-order valence-electron chi connectivity index (χ3n) is 4.16. The van der Waals surface area contributed by atoms with Crippen molar-refractivity contribution in [3.8, 4) is 11.5 Å². The number of nitrogens with one attached hydrogen (secondary N) is 1. The van der Waals surface area contributed by atoms with Gasteiger partial charge < -0.3 is 14.8 Å². The van der Waals surface area contributed by atoms with Gasteiger partial charge in [0.1, 0.15) is 0 Å². The van der Waals surface area contributed by atoms with Crippen molar-refractivity contribution >= 4 is 27.5 Å². The van der Waals surface area contributed by atoms with E-state index in [1.807, 2.05) is 25.1 Å². The van der Waals surface area contributed by atoms with Gasteiger partial charge in [0.2, 0.25) is 0 Å². The van der Waals surface area contributed by atoms with Crippen molar-refractivity contribution in [3.63, 3.8) is 0 Å². The first kappa shape index (κ1) is 20.1. The van der Waals surface area contributed by atoms with E-state index < -0.39 is 0 Å². The molecule has 0 fully saturated rings. The Balaban J connectivity index is 1.53. The Morgan fingerprint density at radius 3 is 2.75 bits per heavy atom. The molecular formula is C22H26N2O3S. The van der Waals surface area contributed by atoms with E-state index in [9.17, 15) is 4.79 Å². The van der Waals surface area contributed by atoms with Crippen LogP contribution in [0, 0.1) is 0 Å². The smallest absolute Gasteiger partial charge is 0.251 e. The first-order valence-electron chi connectivity index (χ1n) is 9.73. The van der Waals surface area contributed by atoms with E-state index in [0.717, 1.165) is 29.8 Å². The molecule has 3 rings (SSSR count). The molecule has 3 aromatic rings. The Morgan fingerprint density at radius 2 is 1.96 bits per heavy atom. The van der Waals surface area contributed by atoms with E-state index in [4.69, 9.17) is 9.47 Å². The summed E-state index contributed by atoms with van der Waals surface area (Å²) in [7, 11) is 0. The molecule has 0 bridgehead atoms. The quantitative estimate of drug-likeness (QED) is 0.496. The lowest BCUT2D eigenvalue weighted by molar-refractivity contribution is 0.0952. The molecule has 0 spiro atoms. The molecule has 1 amide bonds. The fraction of sp³-hybridized carbons (Fsp3) is 0.364. The maximum absolute atomic E-state index is 12.5. The Kier molecular flexibility index (Phi) is 7.25. The van der Waals surface area contributed by atoms with Gasteiger partial charge in [-0.15, -0.1) is 11.3 Å². The van der Waals surface area contributed by atoms with E-state index >= 15 is 0 Å². The third-order valence-corrected chi connectivity index (χ3v) is 5.25. The summed E-state index contributed by atoms with van der Waals surface area (Å²) < 4.78 is 12.5. The number of amides is 1. The van der Waals surface area contributed by atoms with Crippen LogP contribution < -0.4 is 14.8 Å². The number of ether oxygens (including phenoxy) is 2. The van der Waals surface area contributed by atoms with Crippen LogP contribution in [-0.4, -0.2) is 30.6 Å². The molecule has 2 aromatic carbocycles. The number of aryl methyl sites for hydroxylation is 1. The van der Waals surface area contributed by atoms with E-state index in [1.165, 1.54) is 4.70 Å². The number of nitrogens with zero attached hydrogens (tertiary/aromatic N) is 1. The predicted octanol–water partition coefficient (Wildman–Crippen LogP) is 4.85. The molecule has 0 radical (unpaired) electrons. The van der Waals surface area contributed by atoms with Crippen molar-refractivity contribution in [1.29, 1.82) is 0 Å². The molecule has 1 N–H and O–H groups in total. The van der Waals surface area contributed by atoms with Crippen LogP contribution in [0.2, 0.25) is 0 Å². The number of carbonyl (C=O) groups is 1. The van der Waals surface area contributed by atoms with Crippen LogP contribution in [0.15, 0.2) is 42.5 Å². The summed E-state index contributed by atoms with van der Waals surface area (Å²) in [5.74, 6) is 1.18. The largest absolute Gasteiger partial charge is 0.490 e. The van der Waals surface area contributed by atoms with Gasteiger partial charge in [0, 0.05) is 18.5 Å². The number of hydrogen-bond donors (Lipinski definition) is 1. The molecule has 1 aromatic heterocycles. The minimum Gasteiger partial charge on any atom is -0.490 e. The zero-order valence-electron chi connectivity index (χ0n) is 16.4. The topological polar surface area (TPSA) is 60.5 Å². The van der Waals surface area contributed by atoms with E-state index in [2.05, 4.69) is 23.3 Å². The minimum absolute atomic E-state index is 0.104. The highest BCUT2D eigenvalue weighted by atomic mass is 32.1. The number of aromatic nitrogens is 1. The fourth-order valence-corrected chi connectivity index (χ4v) is 3.83. The van der Waals surface area contributed by atoms with Crippen LogP contribution in [0.4, 0.5) is 0 Å². The summed E-state index contributed by atoms with van der Waals surface area (Å²) in [5, 5.41) is 4.08. The lowest BCUT2D eigenvalue weighted by Crippen LogP contribution is -2.24. The van der Waals surface area contributed by atoms with Gasteiger partial charge in [-0.3, -0.25) is 4.79 Å². The summed E-state index contributed by atoms with van der Waals surface area (Å²) in [4.78, 5) is 17.1. The second-order valence-corrected chi connectivity index (χ2v) is 7.49. The van der Waals surface area contributed by atoms with Crippen LogP contribution in [0.25, 0.3) is 10.2 Å². The van der Waals surface area contributed by atoms with Crippen molar-refractivity contribution in [2.24, 2.45) is 0 Å². The molecular weight excluding hydrogens is 372 g/mol. The second-order valence-electron chi connectivity index (χ2n) is 6.38. The fourth-order valence-electron chi connectivity index (χ4n) is 2.82. The normalized spacial score (nSPS) is 10.8. The van der Waals surface area contributed by atoms with Gasteiger partial charge in [0.05, 0.1) is 28.4 Å². The highest BCUT2D eigenvalue weighted by molar-refractivity contribution is 7.18. The second kappa shape index (κ2) is 10.1. The number of thiazole rings is 1. The highest BCUT2D eigenvalue weighted by Gasteiger charge is 2.11. The SMILES string of the molecule is CCCOc1ccc(C(=O)NCCCc2nc3ccccc3s2)cc1OCC. The number of fused-ring (bicyclic) bond motifs is 1. The first-order chi connectivity index (χ1) is 13.7. The molecule has 148 valence electrons. The maximum atomic E-state index is 12.5. The molecule has 0 aliphatic heterocycles. The average Bonchev–Trinajstić information content (AvgIpc) is 3.13. The van der Waals surface area contributed by atoms with Crippen LogP contribution in [0.1, 0.15) is 42.1 Å². The van der Waals surface area contributed by atoms with Gasteiger partial charge in [0.25, 0.3) is 5.91 Å². The molecule has 1 heterocycles. The lowest BCUT2D eigenvalue weighted by Gasteiger charge is -2.13. The summed E-state index contributed by atoms with van der Waals surface area (Å²) in [6, 6.07) is 13.5. The van der Waals surface area contributed by atoms with Crippen LogP contribution >= 0.6 is 11.3 Å². The van der Waals surface area contributed by atoms with Gasteiger partial charge in [-0.25, -0.2) is 4.98 Å². The van der Waals surface area contributed by atoms with E-state index in [1.54, 1.807) is 29.5 Å². The number of para-hydroxylation sites is 1. The van der Waals surface area contributed by atoms with Crippen molar-refractivity contribution in [2.75, 3.05) is 19.8 Å². The van der Waals surface area contributed by atoms with Crippen molar-refractivity contribution in [2.45, 2.75) is 33.1 Å². The standard InChI is InChI=1S/C22H26N2O3S/c1-3-14-27-18-12-11-16(15-19(18)26-4-2)22(25)23-13-7-10-21-24-17-8-5-6-9-20(17)28-21/h5-6,8-9,11-12,15H,3-4,7,10,13-14H2,1-2H3,(H,23,25). The Morgan fingerprint density at radius 1 is 1.11 bits per heavy atom. The Labute approximate surface area is 169 Å². The molecule has 6 heteroatoms. The molecule has 0 aliphatic carbocycles. The van der Waals surface area contributed by atoms with Gasteiger partial charge in [-0.1, -0.05) is 19.1 Å². The van der Waals surface area contributed by atoms with Gasteiger partial charge in [-0.05, 0) is 50.1 Å². The van der Waals surface area contributed by atoms with Crippen LogP contribution in [-0.2, 0) is 6.42 Å². The molecule has 0 unspecified atom stereocenters. The highest BCUT2D eigenvalue weighted by Crippen LogP contribution is 2.28. The number of carbonyl (C=O) groups excluding carboxylic acids is 1. The summed E-state index contributed by atoms with van der Waals surface area (Å²) in [6.07, 6.45) is 2.62. The van der Waals surface area contributed by atoms with E-state index in [-0.39, 0.29) is 5.91 Å². The first-order valence-corrected chi connectivity index (χ1v) is 10.5. The summed E-state index contributed by atoms with van der Waals surface area (Å²) in [5.41, 5.74) is 1.62. The maximum Gasteiger partial charge on any atom is 0.251 e. The lowest BCUT2D eigenvalue weighted by atomic mass is 10.2. The molecule has 28 heavy (non-hydrogen) atoms. The van der Waals surface area contributed by atoms with Gasteiger partial charge >= 0.3 is 0 Å². The van der Waals surface area contributed by atoms with E-state index in [0.29, 0.717) is 36.8 Å². The zero-order chi connectivity index (χ0) is 19.8. The Bertz CT molecular complexity index is 890. The number of benzene rings is 2. The molecule has 0 aliphatic rings. The number of hydrogen-bond acceptors (Lipinski definition) is 5. The third kappa shape index (κ3) is 5.23. The monoisotopic (exact) mass is 398 g/mol. The van der Waals surface area contributed by atoms with Crippen molar-refractivity contribution in [3.05, 3.63) is 53.0 Å². The summed E-state index contributed by atoms with van der Waals surface area (Å²) >= 11 is 1.71. The summed E-state index contributed by atoms with van der Waals surface area (Å²) in [6.45, 7) is 5.72. The minimum atomic E-state index is -0.104.